The van der Waals surface area contributed by atoms with E-state index in [2.05, 4.69) is 252 Å². The molecule has 0 saturated carbocycles. The van der Waals surface area contributed by atoms with Gasteiger partial charge in [-0.1, -0.05) is 164 Å². The van der Waals surface area contributed by atoms with Crippen molar-refractivity contribution in [2.24, 2.45) is 0 Å². The average molecular weight is 741 g/mol. The molecule has 0 aromatic heterocycles. The van der Waals surface area contributed by atoms with Crippen molar-refractivity contribution in [1.29, 1.82) is 0 Å². The van der Waals surface area contributed by atoms with Crippen LogP contribution in [-0.4, -0.2) is 0 Å². The Kier molecular flexibility index (Phi) is 9.27. The van der Waals surface area contributed by atoms with Crippen LogP contribution in [0, 0.1) is 0 Å². The molecule has 0 aliphatic carbocycles. The lowest BCUT2D eigenvalue weighted by molar-refractivity contribution is 1.26. The number of benzene rings is 10. The fraction of sp³-hybridized carbons (Fsp3) is 0. The molecule has 0 fully saturated rings. The first-order valence-corrected chi connectivity index (χ1v) is 19.9. The monoisotopic (exact) mass is 740 g/mol. The highest BCUT2D eigenvalue weighted by atomic mass is 15.2. The van der Waals surface area contributed by atoms with Crippen molar-refractivity contribution in [2.45, 2.75) is 0 Å². The van der Waals surface area contributed by atoms with Gasteiger partial charge in [0.2, 0.25) is 0 Å². The van der Waals surface area contributed by atoms with Gasteiger partial charge in [-0.25, -0.2) is 0 Å². The van der Waals surface area contributed by atoms with E-state index in [1.54, 1.807) is 0 Å². The number of para-hydroxylation sites is 3. The number of rotatable bonds is 9. The van der Waals surface area contributed by atoms with Crippen LogP contribution in [0.4, 0.5) is 34.1 Å². The average Bonchev–Trinajstić information content (AvgIpc) is 3.30. The molecule has 10 aromatic rings. The minimum absolute atomic E-state index is 1.09. The van der Waals surface area contributed by atoms with E-state index in [1.807, 2.05) is 0 Å². The Morgan fingerprint density at radius 3 is 0.897 bits per heavy atom. The summed E-state index contributed by atoms with van der Waals surface area (Å²) in [7, 11) is 0. The van der Waals surface area contributed by atoms with E-state index in [0.717, 1.165) is 34.1 Å². The minimum Gasteiger partial charge on any atom is -0.311 e. The van der Waals surface area contributed by atoms with E-state index in [0.29, 0.717) is 0 Å². The second kappa shape index (κ2) is 15.5. The molecule has 0 spiro atoms. The summed E-state index contributed by atoms with van der Waals surface area (Å²) in [6.45, 7) is 0. The molecule has 0 heterocycles. The van der Waals surface area contributed by atoms with Gasteiger partial charge in [0.05, 0.1) is 0 Å². The van der Waals surface area contributed by atoms with Crippen molar-refractivity contribution < 1.29 is 0 Å². The van der Waals surface area contributed by atoms with E-state index in [1.165, 1.54) is 54.9 Å². The topological polar surface area (TPSA) is 6.48 Å². The molecule has 2 heteroatoms. The molecule has 0 amide bonds. The molecule has 274 valence electrons. The maximum Gasteiger partial charge on any atom is 0.0463 e. The van der Waals surface area contributed by atoms with Crippen LogP contribution in [0.15, 0.2) is 243 Å². The summed E-state index contributed by atoms with van der Waals surface area (Å²) in [6, 6.07) is 87.1. The molecule has 10 aromatic carbocycles. The van der Waals surface area contributed by atoms with E-state index in [4.69, 9.17) is 0 Å². The molecule has 58 heavy (non-hydrogen) atoms. The molecular formula is C56H40N2. The third-order valence-electron chi connectivity index (χ3n) is 11.0. The zero-order valence-corrected chi connectivity index (χ0v) is 32.0. The maximum absolute atomic E-state index is 2.39. The van der Waals surface area contributed by atoms with Crippen molar-refractivity contribution in [3.63, 3.8) is 0 Å². The smallest absolute Gasteiger partial charge is 0.0463 e. The number of hydrogen-bond acceptors (Lipinski definition) is 2. The van der Waals surface area contributed by atoms with Gasteiger partial charge in [0.25, 0.3) is 0 Å². The van der Waals surface area contributed by atoms with Crippen LogP contribution in [-0.2, 0) is 0 Å². The Morgan fingerprint density at radius 2 is 0.483 bits per heavy atom. The van der Waals surface area contributed by atoms with Crippen molar-refractivity contribution in [3.8, 4) is 33.4 Å². The lowest BCUT2D eigenvalue weighted by Crippen LogP contribution is -2.12. The van der Waals surface area contributed by atoms with Crippen LogP contribution in [0.3, 0.4) is 0 Å². The molecule has 0 bridgehead atoms. The van der Waals surface area contributed by atoms with Crippen molar-refractivity contribution >= 4 is 55.7 Å². The maximum atomic E-state index is 2.39. The predicted octanol–water partition coefficient (Wildman–Crippen LogP) is 15.9. The lowest BCUT2D eigenvalue weighted by atomic mass is 9.85. The van der Waals surface area contributed by atoms with Gasteiger partial charge in [-0.3, -0.25) is 0 Å². The quantitative estimate of drug-likeness (QED) is 0.136. The molecule has 0 aliphatic heterocycles. The van der Waals surface area contributed by atoms with Crippen LogP contribution in [0.5, 0.6) is 0 Å². The summed E-state index contributed by atoms with van der Waals surface area (Å²) in [5.41, 5.74) is 13.9. The Bertz CT molecular complexity index is 2910. The van der Waals surface area contributed by atoms with Gasteiger partial charge in [-0.05, 0) is 134 Å². The Hall–Kier alpha value is -7.68. The standard InChI is InChI=1S/C56H40N2/c1-6-18-42(19-7-1)55-51-28-16-17-29-52(51)56(43-20-8-2-9-21-43)54-40-44(32-39-53(54)55)41-30-33-48(34-31-41)58(47-26-14-5-15-27-47)50-37-35-49(36-38-50)57(45-22-10-3-11-23-45)46-24-12-4-13-25-46/h1-40H. The highest BCUT2D eigenvalue weighted by molar-refractivity contribution is 6.22. The van der Waals surface area contributed by atoms with Crippen LogP contribution in [0.25, 0.3) is 54.9 Å². The molecule has 0 radical (unpaired) electrons. The predicted molar refractivity (Wildman–Crippen MR) is 247 cm³/mol. The van der Waals surface area contributed by atoms with E-state index in [-0.39, 0.29) is 0 Å². The Morgan fingerprint density at radius 1 is 0.190 bits per heavy atom. The first-order valence-electron chi connectivity index (χ1n) is 19.9. The molecule has 0 aliphatic rings. The van der Waals surface area contributed by atoms with Gasteiger partial charge in [-0.15, -0.1) is 0 Å². The van der Waals surface area contributed by atoms with Crippen molar-refractivity contribution in [2.75, 3.05) is 9.80 Å². The third kappa shape index (κ3) is 6.57. The van der Waals surface area contributed by atoms with E-state index in [9.17, 15) is 0 Å². The second-order valence-electron chi connectivity index (χ2n) is 14.5. The third-order valence-corrected chi connectivity index (χ3v) is 11.0. The Balaban J connectivity index is 1.06. The molecule has 0 saturated heterocycles. The van der Waals surface area contributed by atoms with Gasteiger partial charge < -0.3 is 9.80 Å². The summed E-state index contributed by atoms with van der Waals surface area (Å²) in [5.74, 6) is 0. The van der Waals surface area contributed by atoms with Crippen LogP contribution in [0.2, 0.25) is 0 Å². The first-order chi connectivity index (χ1) is 28.8. The lowest BCUT2D eigenvalue weighted by Gasteiger charge is -2.28. The summed E-state index contributed by atoms with van der Waals surface area (Å²) >= 11 is 0. The summed E-state index contributed by atoms with van der Waals surface area (Å²) < 4.78 is 0. The van der Waals surface area contributed by atoms with Gasteiger partial charge in [0.15, 0.2) is 0 Å². The molecule has 0 unspecified atom stereocenters. The van der Waals surface area contributed by atoms with Gasteiger partial charge in [0, 0.05) is 34.1 Å². The molecule has 0 N–H and O–H groups in total. The van der Waals surface area contributed by atoms with E-state index < -0.39 is 0 Å². The SMILES string of the molecule is c1ccc(-c2c3ccccc3c(-c3ccccc3)c3cc(-c4ccc(N(c5ccccc5)c5ccc(N(c6ccccc6)c6ccccc6)cc5)cc4)ccc23)cc1. The summed E-state index contributed by atoms with van der Waals surface area (Å²) in [4.78, 5) is 4.62. The number of hydrogen-bond donors (Lipinski definition) is 0. The minimum atomic E-state index is 1.09. The van der Waals surface area contributed by atoms with Crippen molar-refractivity contribution in [1.82, 2.24) is 0 Å². The number of anilines is 6. The normalized spacial score (nSPS) is 11.1. The molecule has 2 nitrogen and oxygen atoms in total. The molecule has 0 atom stereocenters. The number of fused-ring (bicyclic) bond motifs is 2. The highest BCUT2D eigenvalue weighted by Gasteiger charge is 2.19. The second-order valence-corrected chi connectivity index (χ2v) is 14.5. The highest BCUT2D eigenvalue weighted by Crippen LogP contribution is 2.45. The van der Waals surface area contributed by atoms with Crippen molar-refractivity contribution in [3.05, 3.63) is 243 Å². The van der Waals surface area contributed by atoms with Crippen LogP contribution in [0.1, 0.15) is 0 Å². The summed E-state index contributed by atoms with van der Waals surface area (Å²) in [5, 5.41) is 5.02. The molecule has 10 rings (SSSR count). The fourth-order valence-corrected chi connectivity index (χ4v) is 8.37. The van der Waals surface area contributed by atoms with Gasteiger partial charge in [0.1, 0.15) is 0 Å². The molecular weight excluding hydrogens is 701 g/mol. The largest absolute Gasteiger partial charge is 0.311 e. The van der Waals surface area contributed by atoms with E-state index >= 15 is 0 Å². The van der Waals surface area contributed by atoms with Gasteiger partial charge in [-0.2, -0.15) is 0 Å². The van der Waals surface area contributed by atoms with Crippen LogP contribution < -0.4 is 9.80 Å². The zero-order valence-electron chi connectivity index (χ0n) is 32.0. The fourth-order valence-electron chi connectivity index (χ4n) is 8.37. The number of nitrogens with zero attached hydrogens (tertiary/aromatic N) is 2. The first kappa shape index (κ1) is 34.8. The summed E-state index contributed by atoms with van der Waals surface area (Å²) in [6.07, 6.45) is 0. The zero-order chi connectivity index (χ0) is 38.7. The van der Waals surface area contributed by atoms with Crippen LogP contribution >= 0.6 is 0 Å². The van der Waals surface area contributed by atoms with Gasteiger partial charge >= 0.3 is 0 Å². The Labute approximate surface area is 340 Å².